The first-order valence-electron chi connectivity index (χ1n) is 3.69. The summed E-state index contributed by atoms with van der Waals surface area (Å²) in [6.45, 7) is 0.966. The Morgan fingerprint density at radius 1 is 1.82 bits per heavy atom. The summed E-state index contributed by atoms with van der Waals surface area (Å²) in [4.78, 5) is 3.98. The van der Waals surface area contributed by atoms with Crippen LogP contribution in [0.25, 0.3) is 0 Å². The van der Waals surface area contributed by atoms with Crippen molar-refractivity contribution in [3.8, 4) is 6.01 Å². The van der Waals surface area contributed by atoms with E-state index in [-0.39, 0.29) is 12.7 Å². The summed E-state index contributed by atoms with van der Waals surface area (Å²) in [5.74, 6) is 0. The van der Waals surface area contributed by atoms with Gasteiger partial charge in [-0.2, -0.15) is 0 Å². The third-order valence-electron chi connectivity index (χ3n) is 1.84. The number of hydrogen-bond donors (Lipinski definition) is 1. The molecule has 0 bridgehead atoms. The monoisotopic (exact) mass is 154 g/mol. The number of nitrogens with zero attached hydrogens (tertiary/aromatic N) is 2. The van der Waals surface area contributed by atoms with E-state index in [2.05, 4.69) is 4.98 Å². The molecule has 1 atom stereocenters. The predicted octanol–water partition coefficient (Wildman–Crippen LogP) is 0.0265. The van der Waals surface area contributed by atoms with Crippen LogP contribution in [-0.2, 0) is 6.54 Å². The van der Waals surface area contributed by atoms with Gasteiger partial charge in [-0.15, -0.1) is 0 Å². The second-order valence-electron chi connectivity index (χ2n) is 2.61. The van der Waals surface area contributed by atoms with Crippen LogP contribution in [0, 0.1) is 0 Å². The Balaban J connectivity index is 2.18. The molecule has 0 aromatic carbocycles. The predicted molar refractivity (Wildman–Crippen MR) is 38.3 cm³/mol. The highest BCUT2D eigenvalue weighted by atomic mass is 16.5. The van der Waals surface area contributed by atoms with E-state index in [1.54, 1.807) is 6.20 Å². The van der Waals surface area contributed by atoms with Crippen molar-refractivity contribution in [3.05, 3.63) is 12.4 Å². The number of aromatic nitrogens is 2. The van der Waals surface area contributed by atoms with Crippen LogP contribution in [0.1, 0.15) is 6.42 Å². The molecule has 1 aromatic heterocycles. The summed E-state index contributed by atoms with van der Waals surface area (Å²) in [6.07, 6.45) is 4.38. The molecular weight excluding hydrogens is 144 g/mol. The number of imidazole rings is 1. The Morgan fingerprint density at radius 2 is 2.73 bits per heavy atom. The molecule has 0 saturated carbocycles. The molecule has 4 heteroatoms. The molecule has 60 valence electrons. The largest absolute Gasteiger partial charge is 0.459 e. The van der Waals surface area contributed by atoms with Crippen molar-refractivity contribution in [1.29, 1.82) is 0 Å². The van der Waals surface area contributed by atoms with E-state index >= 15 is 0 Å². The Bertz CT molecular complexity index is 246. The maximum atomic E-state index is 8.79. The van der Waals surface area contributed by atoms with Gasteiger partial charge in [0.2, 0.25) is 0 Å². The quantitative estimate of drug-likeness (QED) is 0.620. The summed E-state index contributed by atoms with van der Waals surface area (Å²) in [5, 5.41) is 8.79. The molecule has 0 aliphatic carbocycles. The minimum Gasteiger partial charge on any atom is -0.459 e. The van der Waals surface area contributed by atoms with E-state index < -0.39 is 0 Å². The highest BCUT2D eigenvalue weighted by Crippen LogP contribution is 2.17. The van der Waals surface area contributed by atoms with Gasteiger partial charge in [-0.05, 0) is 0 Å². The smallest absolute Gasteiger partial charge is 0.296 e. The first kappa shape index (κ1) is 6.67. The zero-order valence-corrected chi connectivity index (χ0v) is 6.10. The average Bonchev–Trinajstić information content (AvgIpc) is 2.50. The molecule has 0 amide bonds. The first-order valence-corrected chi connectivity index (χ1v) is 3.69. The molecule has 2 rings (SSSR count). The van der Waals surface area contributed by atoms with E-state index in [4.69, 9.17) is 9.84 Å². The summed E-state index contributed by atoms with van der Waals surface area (Å²) in [7, 11) is 0. The van der Waals surface area contributed by atoms with E-state index in [0.717, 1.165) is 13.0 Å². The molecule has 1 unspecified atom stereocenters. The van der Waals surface area contributed by atoms with Gasteiger partial charge in [-0.3, -0.25) is 0 Å². The fraction of sp³-hybridized carbons (Fsp3) is 0.571. The standard InChI is InChI=1S/C7H10N2O2/c10-5-6-1-3-9-4-2-8-7(9)11-6/h2,4,6,10H,1,3,5H2. The van der Waals surface area contributed by atoms with Gasteiger partial charge >= 0.3 is 0 Å². The highest BCUT2D eigenvalue weighted by Gasteiger charge is 2.18. The summed E-state index contributed by atoms with van der Waals surface area (Å²) < 4.78 is 7.26. The number of fused-ring (bicyclic) bond motifs is 1. The molecule has 1 aliphatic rings. The molecule has 1 N–H and O–H groups in total. The minimum absolute atomic E-state index is 0.0649. The Kier molecular flexibility index (Phi) is 1.54. The molecule has 1 aromatic rings. The van der Waals surface area contributed by atoms with Gasteiger partial charge in [-0.25, -0.2) is 4.98 Å². The third-order valence-corrected chi connectivity index (χ3v) is 1.84. The topological polar surface area (TPSA) is 47.3 Å². The van der Waals surface area contributed by atoms with Gasteiger partial charge in [0.25, 0.3) is 6.01 Å². The fourth-order valence-corrected chi connectivity index (χ4v) is 1.20. The van der Waals surface area contributed by atoms with Crippen molar-refractivity contribution in [2.24, 2.45) is 0 Å². The number of hydrogen-bond acceptors (Lipinski definition) is 3. The minimum atomic E-state index is -0.0649. The molecule has 0 saturated heterocycles. The van der Waals surface area contributed by atoms with Crippen molar-refractivity contribution in [2.75, 3.05) is 6.61 Å². The van der Waals surface area contributed by atoms with E-state index in [9.17, 15) is 0 Å². The number of aliphatic hydroxyl groups is 1. The van der Waals surface area contributed by atoms with Crippen LogP contribution in [-0.4, -0.2) is 27.4 Å². The van der Waals surface area contributed by atoms with E-state index in [1.807, 2.05) is 10.8 Å². The Labute approximate surface area is 64.4 Å². The highest BCUT2D eigenvalue weighted by molar-refractivity contribution is 5.01. The lowest BCUT2D eigenvalue weighted by molar-refractivity contribution is 0.0723. The second-order valence-corrected chi connectivity index (χ2v) is 2.61. The van der Waals surface area contributed by atoms with Crippen LogP contribution in [0.4, 0.5) is 0 Å². The Hall–Kier alpha value is -1.03. The first-order chi connectivity index (χ1) is 5.40. The van der Waals surface area contributed by atoms with E-state index in [0.29, 0.717) is 6.01 Å². The van der Waals surface area contributed by atoms with Gasteiger partial charge in [0.1, 0.15) is 6.10 Å². The van der Waals surface area contributed by atoms with Crippen LogP contribution in [0.2, 0.25) is 0 Å². The van der Waals surface area contributed by atoms with E-state index in [1.165, 1.54) is 0 Å². The number of rotatable bonds is 1. The zero-order valence-electron chi connectivity index (χ0n) is 6.10. The second kappa shape index (κ2) is 2.54. The molecule has 2 heterocycles. The van der Waals surface area contributed by atoms with Crippen molar-refractivity contribution < 1.29 is 9.84 Å². The molecule has 1 aliphatic heterocycles. The van der Waals surface area contributed by atoms with Crippen LogP contribution < -0.4 is 4.74 Å². The van der Waals surface area contributed by atoms with Gasteiger partial charge < -0.3 is 14.4 Å². The SMILES string of the molecule is OCC1CCn2ccnc2O1. The van der Waals surface area contributed by atoms with Crippen LogP contribution in [0.15, 0.2) is 12.4 Å². The molecule has 0 radical (unpaired) electrons. The molecule has 0 fully saturated rings. The zero-order chi connectivity index (χ0) is 7.68. The van der Waals surface area contributed by atoms with Crippen LogP contribution in [0.5, 0.6) is 6.01 Å². The molecular formula is C7H10N2O2. The summed E-state index contributed by atoms with van der Waals surface area (Å²) in [6, 6.07) is 0.621. The third kappa shape index (κ3) is 1.09. The van der Waals surface area contributed by atoms with Crippen LogP contribution >= 0.6 is 0 Å². The number of aliphatic hydroxyl groups excluding tert-OH is 1. The van der Waals surface area contributed by atoms with Crippen molar-refractivity contribution >= 4 is 0 Å². The summed E-state index contributed by atoms with van der Waals surface area (Å²) in [5.41, 5.74) is 0. The normalized spacial score (nSPS) is 22.5. The van der Waals surface area contributed by atoms with Gasteiger partial charge in [0.05, 0.1) is 6.61 Å². The van der Waals surface area contributed by atoms with Crippen molar-refractivity contribution in [2.45, 2.75) is 19.1 Å². The number of ether oxygens (including phenoxy) is 1. The maximum absolute atomic E-state index is 8.79. The van der Waals surface area contributed by atoms with Gasteiger partial charge in [0.15, 0.2) is 0 Å². The van der Waals surface area contributed by atoms with Crippen molar-refractivity contribution in [1.82, 2.24) is 9.55 Å². The lowest BCUT2D eigenvalue weighted by Gasteiger charge is -2.22. The van der Waals surface area contributed by atoms with Gasteiger partial charge in [-0.1, -0.05) is 0 Å². The lowest BCUT2D eigenvalue weighted by Crippen LogP contribution is -2.28. The average molecular weight is 154 g/mol. The summed E-state index contributed by atoms with van der Waals surface area (Å²) >= 11 is 0. The van der Waals surface area contributed by atoms with Crippen LogP contribution in [0.3, 0.4) is 0 Å². The maximum Gasteiger partial charge on any atom is 0.296 e. The number of aryl methyl sites for hydroxylation is 1. The Morgan fingerprint density at radius 3 is 3.55 bits per heavy atom. The molecule has 11 heavy (non-hydrogen) atoms. The van der Waals surface area contributed by atoms with Crippen molar-refractivity contribution in [3.63, 3.8) is 0 Å². The fourth-order valence-electron chi connectivity index (χ4n) is 1.20. The lowest BCUT2D eigenvalue weighted by atomic mass is 10.2. The molecule has 0 spiro atoms. The van der Waals surface area contributed by atoms with Gasteiger partial charge in [0, 0.05) is 25.4 Å². The molecule has 4 nitrogen and oxygen atoms in total.